The first-order valence-corrected chi connectivity index (χ1v) is 12.0. The van der Waals surface area contributed by atoms with Crippen molar-refractivity contribution in [2.75, 3.05) is 17.7 Å². The highest BCUT2D eigenvalue weighted by Gasteiger charge is 2.29. The van der Waals surface area contributed by atoms with Crippen LogP contribution in [0.5, 0.6) is 5.75 Å². The zero-order chi connectivity index (χ0) is 22.5. The molecule has 1 aromatic carbocycles. The van der Waals surface area contributed by atoms with Gasteiger partial charge in [0.25, 0.3) is 0 Å². The van der Waals surface area contributed by atoms with E-state index in [1.54, 1.807) is 7.11 Å². The van der Waals surface area contributed by atoms with Crippen molar-refractivity contribution in [1.29, 1.82) is 0 Å². The molecular weight excluding hydrogens is 448 g/mol. The van der Waals surface area contributed by atoms with Crippen LogP contribution in [0.4, 0.5) is 10.3 Å². The van der Waals surface area contributed by atoms with Gasteiger partial charge in [0.05, 0.1) is 13.5 Å². The second-order valence-electron chi connectivity index (χ2n) is 7.67. The van der Waals surface area contributed by atoms with Gasteiger partial charge in [-0.25, -0.2) is 0 Å². The maximum absolute atomic E-state index is 12.5. The summed E-state index contributed by atoms with van der Waals surface area (Å²) in [5.74, 6) is 0.925. The zero-order valence-electron chi connectivity index (χ0n) is 17.8. The van der Waals surface area contributed by atoms with E-state index in [1.807, 2.05) is 24.3 Å². The quantitative estimate of drug-likeness (QED) is 0.534. The van der Waals surface area contributed by atoms with Crippen LogP contribution >= 0.6 is 22.7 Å². The Bertz CT molecular complexity index is 1100. The molecule has 2 N–H and O–H groups in total. The molecular formula is C21H24N6O3S2. The third kappa shape index (κ3) is 5.46. The highest BCUT2D eigenvalue weighted by Crippen LogP contribution is 2.43. The molecule has 2 atom stereocenters. The number of rotatable bonds is 7. The Morgan fingerprint density at radius 2 is 1.62 bits per heavy atom. The van der Waals surface area contributed by atoms with Gasteiger partial charge in [-0.05, 0) is 25.3 Å². The molecule has 0 bridgehead atoms. The standard InChI is InChI=1S/C21H24N6O3S2/c1-12(28)22-20-26-24-18(31-20)14-7-5-8-15(10-14)19-25-27-21(32-19)23-17(29)11-13-6-3-4-9-16(13)30-2/h3-4,6,9,14-15H,5,7-8,10-11H2,1-2H3,(H,22,26,28)(H,23,27,29)/t14-,15-/m1/s1. The van der Waals surface area contributed by atoms with Gasteiger partial charge in [0.2, 0.25) is 22.1 Å². The molecule has 0 spiro atoms. The second-order valence-corrected chi connectivity index (χ2v) is 9.69. The van der Waals surface area contributed by atoms with Gasteiger partial charge in [-0.2, -0.15) is 0 Å². The Balaban J connectivity index is 1.37. The van der Waals surface area contributed by atoms with Crippen molar-refractivity contribution in [2.24, 2.45) is 0 Å². The average molecular weight is 473 g/mol. The fraction of sp³-hybridized carbons (Fsp3) is 0.429. The highest BCUT2D eigenvalue weighted by molar-refractivity contribution is 7.15. The van der Waals surface area contributed by atoms with Crippen molar-refractivity contribution < 1.29 is 14.3 Å². The summed E-state index contributed by atoms with van der Waals surface area (Å²) >= 11 is 2.85. The van der Waals surface area contributed by atoms with Crippen LogP contribution in [0.1, 0.15) is 60.0 Å². The van der Waals surface area contributed by atoms with Crippen LogP contribution in [0.2, 0.25) is 0 Å². The molecule has 1 fully saturated rings. The van der Waals surface area contributed by atoms with Gasteiger partial charge in [0.15, 0.2) is 0 Å². The van der Waals surface area contributed by atoms with Crippen LogP contribution in [0.25, 0.3) is 0 Å². The molecule has 1 aliphatic carbocycles. The van der Waals surface area contributed by atoms with Crippen molar-refractivity contribution in [2.45, 2.75) is 50.9 Å². The number of methoxy groups -OCH3 is 1. The topological polar surface area (TPSA) is 119 Å². The lowest BCUT2D eigenvalue weighted by molar-refractivity contribution is -0.116. The minimum absolute atomic E-state index is 0.150. The van der Waals surface area contributed by atoms with Crippen LogP contribution in [-0.2, 0) is 16.0 Å². The molecule has 2 heterocycles. The SMILES string of the molecule is COc1ccccc1CC(=O)Nc1nnc([C@@H]2CCC[C@@H](c3nnc(NC(C)=O)s3)C2)s1. The first kappa shape index (κ1) is 22.3. The molecule has 4 rings (SSSR count). The van der Waals surface area contributed by atoms with Crippen LogP contribution in [0.3, 0.4) is 0 Å². The molecule has 0 unspecified atom stereocenters. The monoisotopic (exact) mass is 472 g/mol. The third-order valence-electron chi connectivity index (χ3n) is 5.33. The van der Waals surface area contributed by atoms with E-state index in [-0.39, 0.29) is 30.1 Å². The number of carbonyl (C=O) groups excluding carboxylic acids is 2. The Hall–Kier alpha value is -2.92. The molecule has 32 heavy (non-hydrogen) atoms. The summed E-state index contributed by atoms with van der Waals surface area (Å²) in [6, 6.07) is 7.46. The summed E-state index contributed by atoms with van der Waals surface area (Å²) in [5, 5.41) is 25.3. The maximum Gasteiger partial charge on any atom is 0.230 e. The summed E-state index contributed by atoms with van der Waals surface area (Å²) < 4.78 is 5.31. The van der Waals surface area contributed by atoms with Crippen LogP contribution in [0.15, 0.2) is 24.3 Å². The molecule has 9 nitrogen and oxygen atoms in total. The number of para-hydroxylation sites is 1. The van der Waals surface area contributed by atoms with E-state index < -0.39 is 0 Å². The van der Waals surface area contributed by atoms with E-state index >= 15 is 0 Å². The van der Waals surface area contributed by atoms with Crippen molar-refractivity contribution in [3.8, 4) is 5.75 Å². The van der Waals surface area contributed by atoms with E-state index in [1.165, 1.54) is 29.6 Å². The lowest BCUT2D eigenvalue weighted by Gasteiger charge is -2.25. The molecule has 2 aromatic heterocycles. The smallest absolute Gasteiger partial charge is 0.230 e. The maximum atomic E-state index is 12.5. The Morgan fingerprint density at radius 1 is 1.00 bits per heavy atom. The predicted molar refractivity (Wildman–Crippen MR) is 123 cm³/mol. The van der Waals surface area contributed by atoms with Crippen molar-refractivity contribution in [1.82, 2.24) is 20.4 Å². The first-order chi connectivity index (χ1) is 15.5. The van der Waals surface area contributed by atoms with E-state index in [0.29, 0.717) is 16.0 Å². The molecule has 1 saturated carbocycles. The van der Waals surface area contributed by atoms with E-state index in [2.05, 4.69) is 31.0 Å². The largest absolute Gasteiger partial charge is 0.496 e. The fourth-order valence-corrected chi connectivity index (χ4v) is 5.72. The Morgan fingerprint density at radius 3 is 2.25 bits per heavy atom. The molecule has 11 heteroatoms. The number of hydrogen-bond donors (Lipinski definition) is 2. The van der Waals surface area contributed by atoms with Gasteiger partial charge >= 0.3 is 0 Å². The number of benzene rings is 1. The number of aromatic nitrogens is 4. The van der Waals surface area contributed by atoms with Crippen LogP contribution < -0.4 is 15.4 Å². The van der Waals surface area contributed by atoms with Crippen molar-refractivity contribution in [3.63, 3.8) is 0 Å². The molecule has 0 radical (unpaired) electrons. The van der Waals surface area contributed by atoms with E-state index in [4.69, 9.17) is 4.74 Å². The minimum Gasteiger partial charge on any atom is -0.496 e. The van der Waals surface area contributed by atoms with E-state index in [9.17, 15) is 9.59 Å². The van der Waals surface area contributed by atoms with Gasteiger partial charge in [-0.15, -0.1) is 20.4 Å². The number of nitrogens with zero attached hydrogens (tertiary/aromatic N) is 4. The number of nitrogens with one attached hydrogen (secondary N) is 2. The van der Waals surface area contributed by atoms with Gasteiger partial charge in [-0.1, -0.05) is 47.3 Å². The van der Waals surface area contributed by atoms with Gasteiger partial charge in [-0.3, -0.25) is 9.59 Å². The van der Waals surface area contributed by atoms with Gasteiger partial charge < -0.3 is 15.4 Å². The normalized spacial score (nSPS) is 18.2. The number of ether oxygens (including phenoxy) is 1. The lowest BCUT2D eigenvalue weighted by Crippen LogP contribution is -2.14. The molecule has 0 aliphatic heterocycles. The van der Waals surface area contributed by atoms with Crippen molar-refractivity contribution >= 4 is 44.8 Å². The number of carbonyl (C=O) groups is 2. The fourth-order valence-electron chi connectivity index (χ4n) is 3.87. The highest BCUT2D eigenvalue weighted by atomic mass is 32.1. The predicted octanol–water partition coefficient (Wildman–Crippen LogP) is 3.98. The summed E-state index contributed by atoms with van der Waals surface area (Å²) in [6.07, 6.45) is 4.22. The molecule has 1 aliphatic rings. The zero-order valence-corrected chi connectivity index (χ0v) is 19.5. The minimum atomic E-state index is -0.155. The second kappa shape index (κ2) is 10.1. The Labute approximate surface area is 193 Å². The summed E-state index contributed by atoms with van der Waals surface area (Å²) in [6.45, 7) is 1.46. The van der Waals surface area contributed by atoms with Crippen LogP contribution in [0, 0.1) is 0 Å². The number of amides is 2. The average Bonchev–Trinajstić information content (AvgIpc) is 3.43. The van der Waals surface area contributed by atoms with Gasteiger partial charge in [0, 0.05) is 24.3 Å². The third-order valence-corrected chi connectivity index (χ3v) is 7.33. The summed E-state index contributed by atoms with van der Waals surface area (Å²) in [5.41, 5.74) is 0.822. The molecule has 3 aromatic rings. The van der Waals surface area contributed by atoms with Crippen LogP contribution in [-0.4, -0.2) is 39.3 Å². The molecule has 2 amide bonds. The van der Waals surface area contributed by atoms with E-state index in [0.717, 1.165) is 41.3 Å². The lowest BCUT2D eigenvalue weighted by atomic mass is 9.82. The number of hydrogen-bond acceptors (Lipinski definition) is 9. The summed E-state index contributed by atoms with van der Waals surface area (Å²) in [4.78, 5) is 23.7. The van der Waals surface area contributed by atoms with Crippen molar-refractivity contribution in [3.05, 3.63) is 39.8 Å². The van der Waals surface area contributed by atoms with Gasteiger partial charge in [0.1, 0.15) is 15.8 Å². The molecule has 168 valence electrons. The summed E-state index contributed by atoms with van der Waals surface area (Å²) in [7, 11) is 1.59. The first-order valence-electron chi connectivity index (χ1n) is 10.4. The number of anilines is 2. The molecule has 0 saturated heterocycles. The Kier molecular flexibility index (Phi) is 7.05.